The summed E-state index contributed by atoms with van der Waals surface area (Å²) in [5.41, 5.74) is 5.96. The molecule has 38 heavy (non-hydrogen) atoms. The maximum Gasteiger partial charge on any atom is 0.342 e. The summed E-state index contributed by atoms with van der Waals surface area (Å²) in [6.45, 7) is 1.66. The van der Waals surface area contributed by atoms with Crippen molar-refractivity contribution in [2.75, 3.05) is 11.3 Å². The van der Waals surface area contributed by atoms with Crippen molar-refractivity contribution >= 4 is 56.4 Å². The van der Waals surface area contributed by atoms with Gasteiger partial charge in [0.15, 0.2) is 0 Å². The van der Waals surface area contributed by atoms with Gasteiger partial charge in [0, 0.05) is 12.6 Å². The van der Waals surface area contributed by atoms with Crippen LogP contribution in [0.3, 0.4) is 0 Å². The highest BCUT2D eigenvalue weighted by Crippen LogP contribution is 2.28. The van der Waals surface area contributed by atoms with Gasteiger partial charge < -0.3 is 15.2 Å². The Bertz CT molecular complexity index is 1430. The van der Waals surface area contributed by atoms with Crippen molar-refractivity contribution in [1.82, 2.24) is 4.98 Å². The lowest BCUT2D eigenvalue weighted by molar-refractivity contribution is -0.134. The Hall–Kier alpha value is -4.23. The van der Waals surface area contributed by atoms with E-state index in [-0.39, 0.29) is 45.7 Å². The molecule has 0 spiro atoms. The molecule has 0 aliphatic heterocycles. The van der Waals surface area contributed by atoms with Crippen LogP contribution in [0.4, 0.5) is 17.2 Å². The number of carbonyl (C=O) groups excluding carboxylic acids is 2. The Labute approximate surface area is 225 Å². The molecule has 0 saturated heterocycles. The molecule has 1 heterocycles. The number of nitrogens with one attached hydrogen (secondary N) is 1. The zero-order valence-corrected chi connectivity index (χ0v) is 22.0. The molecular formula is C25H25N5O6S2. The molecule has 0 atom stereocenters. The predicted octanol–water partition coefficient (Wildman–Crippen LogP) is 4.84. The number of thiocarbonyl (C=S) groups is 1. The number of rotatable bonds is 12. The topological polar surface area (TPSA) is 162 Å². The summed E-state index contributed by atoms with van der Waals surface area (Å²) in [5.74, 6) is -1.09. The quantitative estimate of drug-likeness (QED) is 0.138. The van der Waals surface area contributed by atoms with Gasteiger partial charge in [-0.25, -0.2) is 18.2 Å². The van der Waals surface area contributed by atoms with Crippen LogP contribution in [0.1, 0.15) is 36.5 Å². The average molecular weight is 556 g/mol. The van der Waals surface area contributed by atoms with Gasteiger partial charge in [0.2, 0.25) is 0 Å². The first-order chi connectivity index (χ1) is 18.2. The van der Waals surface area contributed by atoms with E-state index in [4.69, 9.17) is 27.4 Å². The molecule has 0 aliphatic rings. The molecule has 198 valence electrons. The zero-order chi connectivity index (χ0) is 27.5. The summed E-state index contributed by atoms with van der Waals surface area (Å²) in [7, 11) is -3.84. The van der Waals surface area contributed by atoms with Crippen LogP contribution in [0, 0.1) is 0 Å². The Morgan fingerprint density at radius 3 is 2.42 bits per heavy atom. The lowest BCUT2D eigenvalue weighted by Gasteiger charge is -2.10. The van der Waals surface area contributed by atoms with Crippen molar-refractivity contribution in [3.63, 3.8) is 0 Å². The number of esters is 2. The van der Waals surface area contributed by atoms with E-state index in [1.54, 1.807) is 12.1 Å². The largest absolute Gasteiger partial charge is 0.455 e. The molecule has 13 heteroatoms. The van der Waals surface area contributed by atoms with E-state index in [9.17, 15) is 18.0 Å². The fourth-order valence-corrected chi connectivity index (χ4v) is 4.03. The first kappa shape index (κ1) is 28.3. The minimum Gasteiger partial charge on any atom is -0.455 e. The van der Waals surface area contributed by atoms with Crippen LogP contribution in [-0.2, 0) is 19.6 Å². The zero-order valence-electron chi connectivity index (χ0n) is 20.4. The van der Waals surface area contributed by atoms with Gasteiger partial charge in [0.25, 0.3) is 10.0 Å². The highest BCUT2D eigenvalue weighted by molar-refractivity contribution is 7.92. The first-order valence-electron chi connectivity index (χ1n) is 11.4. The molecule has 0 saturated carbocycles. The molecule has 0 fully saturated rings. The third-order valence-electron chi connectivity index (χ3n) is 4.82. The number of hydrogen-bond donors (Lipinski definition) is 2. The average Bonchev–Trinajstić information content (AvgIpc) is 2.90. The molecule has 0 radical (unpaired) electrons. The summed E-state index contributed by atoms with van der Waals surface area (Å²) < 4.78 is 37.9. The second-order valence-corrected chi connectivity index (χ2v) is 10.0. The monoisotopic (exact) mass is 555 g/mol. The summed E-state index contributed by atoms with van der Waals surface area (Å²) >= 11 is 4.74. The highest BCUT2D eigenvalue weighted by Gasteiger charge is 2.18. The standard InChI is InChI=1S/C25H25N5O6S2/c1-2-3-7-24(31)36-21-13-10-18(15-20(21)25(32)35-16-22(26)37)29-28-17-8-11-19(12-9-17)38(33,34)30-23-6-4-5-14-27-23/h4-6,8-15H,2-3,7,16H2,1H3,(H2,26,37)(H,27,30). The maximum absolute atomic E-state index is 12.6. The number of sulfonamides is 1. The van der Waals surface area contributed by atoms with Crippen molar-refractivity contribution in [3.05, 3.63) is 72.4 Å². The molecule has 1 aromatic heterocycles. The Kier molecular flexibility index (Phi) is 9.96. The van der Waals surface area contributed by atoms with Gasteiger partial charge >= 0.3 is 11.9 Å². The van der Waals surface area contributed by atoms with Crippen molar-refractivity contribution < 1.29 is 27.5 Å². The first-order valence-corrected chi connectivity index (χ1v) is 13.3. The lowest BCUT2D eigenvalue weighted by atomic mass is 10.1. The van der Waals surface area contributed by atoms with Gasteiger partial charge in [-0.15, -0.1) is 0 Å². The normalized spacial score (nSPS) is 11.2. The van der Waals surface area contributed by atoms with Crippen LogP contribution < -0.4 is 15.2 Å². The smallest absolute Gasteiger partial charge is 0.342 e. The Morgan fingerprint density at radius 2 is 1.76 bits per heavy atom. The molecule has 3 N–H and O–H groups in total. The molecule has 0 unspecified atom stereocenters. The number of unbranched alkanes of at least 4 members (excludes halogenated alkanes) is 1. The summed E-state index contributed by atoms with van der Waals surface area (Å²) in [6, 6.07) is 14.8. The second kappa shape index (κ2) is 13.4. The molecular weight excluding hydrogens is 530 g/mol. The Balaban J connectivity index is 1.78. The minimum absolute atomic E-state index is 0.00737. The van der Waals surface area contributed by atoms with Crippen molar-refractivity contribution in [2.24, 2.45) is 16.0 Å². The van der Waals surface area contributed by atoms with E-state index in [0.29, 0.717) is 12.1 Å². The van der Waals surface area contributed by atoms with Gasteiger partial charge in [0.1, 0.15) is 28.7 Å². The van der Waals surface area contributed by atoms with Crippen molar-refractivity contribution in [2.45, 2.75) is 31.1 Å². The van der Waals surface area contributed by atoms with Crippen LogP contribution in [0.15, 0.2) is 82.0 Å². The van der Waals surface area contributed by atoms with Crippen LogP contribution in [0.25, 0.3) is 0 Å². The third kappa shape index (κ3) is 8.42. The maximum atomic E-state index is 12.6. The van der Waals surface area contributed by atoms with Crippen LogP contribution >= 0.6 is 12.2 Å². The van der Waals surface area contributed by atoms with Gasteiger partial charge in [-0.1, -0.05) is 31.6 Å². The SMILES string of the molecule is CCCCC(=O)Oc1ccc(N=Nc2ccc(S(=O)(=O)Nc3ccccn3)cc2)cc1C(=O)OCC(N)=S. The number of azo groups is 1. The second-order valence-electron chi connectivity index (χ2n) is 7.81. The summed E-state index contributed by atoms with van der Waals surface area (Å²) in [6.07, 6.45) is 3.13. The number of nitrogens with zero attached hydrogens (tertiary/aromatic N) is 3. The molecule has 2 aromatic carbocycles. The lowest BCUT2D eigenvalue weighted by Crippen LogP contribution is -2.20. The fourth-order valence-electron chi connectivity index (χ4n) is 2.97. The van der Waals surface area contributed by atoms with Gasteiger partial charge in [-0.2, -0.15) is 10.2 Å². The molecule has 11 nitrogen and oxygen atoms in total. The van der Waals surface area contributed by atoms with Crippen LogP contribution in [-0.4, -0.2) is 36.9 Å². The van der Waals surface area contributed by atoms with Crippen molar-refractivity contribution in [1.29, 1.82) is 0 Å². The van der Waals surface area contributed by atoms with E-state index in [2.05, 4.69) is 19.9 Å². The number of aromatic nitrogens is 1. The predicted molar refractivity (Wildman–Crippen MR) is 144 cm³/mol. The summed E-state index contributed by atoms with van der Waals surface area (Å²) in [5, 5.41) is 8.18. The number of ether oxygens (including phenoxy) is 2. The number of pyridine rings is 1. The minimum atomic E-state index is -3.84. The van der Waals surface area contributed by atoms with Gasteiger partial charge in [-0.05, 0) is 61.0 Å². The van der Waals surface area contributed by atoms with Crippen LogP contribution in [0.2, 0.25) is 0 Å². The molecule has 3 aromatic rings. The van der Waals surface area contributed by atoms with Gasteiger partial charge in [0.05, 0.1) is 16.3 Å². The number of carbonyl (C=O) groups is 2. The highest BCUT2D eigenvalue weighted by atomic mass is 32.2. The summed E-state index contributed by atoms with van der Waals surface area (Å²) in [4.78, 5) is 28.6. The number of anilines is 1. The number of hydrogen-bond acceptors (Lipinski definition) is 10. The molecule has 3 rings (SSSR count). The Morgan fingerprint density at radius 1 is 1.05 bits per heavy atom. The van der Waals surface area contributed by atoms with E-state index < -0.39 is 22.0 Å². The van der Waals surface area contributed by atoms with E-state index >= 15 is 0 Å². The number of benzene rings is 2. The fraction of sp³-hybridized carbons (Fsp3) is 0.200. The molecule has 0 aliphatic carbocycles. The molecule has 0 bridgehead atoms. The van der Waals surface area contributed by atoms with Crippen molar-refractivity contribution in [3.8, 4) is 5.75 Å². The van der Waals surface area contributed by atoms with Crippen LogP contribution in [0.5, 0.6) is 5.75 Å². The van der Waals surface area contributed by atoms with E-state index in [0.717, 1.165) is 6.42 Å². The van der Waals surface area contributed by atoms with Gasteiger partial charge in [-0.3, -0.25) is 9.52 Å². The van der Waals surface area contributed by atoms with E-state index in [1.807, 2.05) is 6.92 Å². The third-order valence-corrected chi connectivity index (χ3v) is 6.31. The number of nitrogens with two attached hydrogens (primary N) is 1. The molecule has 0 amide bonds. The van der Waals surface area contributed by atoms with E-state index in [1.165, 1.54) is 54.7 Å².